The van der Waals surface area contributed by atoms with Crippen LogP contribution in [0.5, 0.6) is 5.75 Å². The molecule has 0 atom stereocenters. The highest BCUT2D eigenvalue weighted by molar-refractivity contribution is 5.98. The fraction of sp³-hybridized carbons (Fsp3) is 0.156. The molecule has 6 heterocycles. The maximum Gasteiger partial charge on any atom is 0.278 e. The number of nitrogens with zero attached hydrogens (tertiary/aromatic N) is 7. The molecule has 212 valence electrons. The monoisotopic (exact) mass is 570 g/mol. The van der Waals surface area contributed by atoms with Gasteiger partial charge in [-0.15, -0.1) is 0 Å². The number of carbonyl (C=O) groups excluding carboxylic acids is 1. The van der Waals surface area contributed by atoms with Crippen LogP contribution in [0.25, 0.3) is 33.4 Å². The number of anilines is 3. The van der Waals surface area contributed by atoms with Gasteiger partial charge in [-0.05, 0) is 67.4 Å². The number of hydrogen-bond donors (Lipinski definition) is 1. The van der Waals surface area contributed by atoms with Crippen molar-refractivity contribution in [2.45, 2.75) is 19.4 Å². The van der Waals surface area contributed by atoms with Gasteiger partial charge in [0, 0.05) is 36.2 Å². The van der Waals surface area contributed by atoms with E-state index < -0.39 is 0 Å². The van der Waals surface area contributed by atoms with E-state index in [1.807, 2.05) is 83.6 Å². The molecule has 0 unspecified atom stereocenters. The van der Waals surface area contributed by atoms with Gasteiger partial charge in [-0.2, -0.15) is 4.98 Å². The number of allylic oxidation sites excluding steroid dienone is 2. The Morgan fingerprint density at radius 1 is 0.953 bits per heavy atom. The Morgan fingerprint density at radius 2 is 1.91 bits per heavy atom. The molecule has 2 aliphatic heterocycles. The summed E-state index contributed by atoms with van der Waals surface area (Å²) in [5.41, 5.74) is 3.50. The summed E-state index contributed by atoms with van der Waals surface area (Å²) in [6.45, 7) is 0.980. The van der Waals surface area contributed by atoms with E-state index in [1.165, 1.54) is 0 Å². The number of amides is 1. The zero-order chi connectivity index (χ0) is 28.9. The van der Waals surface area contributed by atoms with E-state index in [0.717, 1.165) is 35.2 Å². The summed E-state index contributed by atoms with van der Waals surface area (Å²) in [6.07, 6.45) is 11.0. The van der Waals surface area contributed by atoms with E-state index in [0.29, 0.717) is 47.2 Å². The van der Waals surface area contributed by atoms with Crippen molar-refractivity contribution in [1.82, 2.24) is 28.9 Å². The van der Waals surface area contributed by atoms with E-state index in [9.17, 15) is 9.59 Å². The average Bonchev–Trinajstić information content (AvgIpc) is 3.57. The molecular weight excluding hydrogens is 544 g/mol. The number of hydrogen-bond acceptors (Lipinski definition) is 7. The Bertz CT molecular complexity index is 2130. The van der Waals surface area contributed by atoms with Gasteiger partial charge in [0.15, 0.2) is 12.3 Å². The first-order chi connectivity index (χ1) is 21.1. The third kappa shape index (κ3) is 4.24. The molecule has 6 aromatic rings. The minimum atomic E-state index is -0.192. The van der Waals surface area contributed by atoms with Crippen LogP contribution < -0.4 is 20.5 Å². The first-order valence-electron chi connectivity index (χ1n) is 14.1. The van der Waals surface area contributed by atoms with Gasteiger partial charge in [-0.25, -0.2) is 19.3 Å². The molecule has 11 nitrogen and oxygen atoms in total. The van der Waals surface area contributed by atoms with E-state index in [2.05, 4.69) is 15.3 Å². The molecule has 4 aromatic heterocycles. The van der Waals surface area contributed by atoms with Gasteiger partial charge in [0.2, 0.25) is 5.95 Å². The number of pyridine rings is 1. The molecular formula is C32H26N8O3. The lowest BCUT2D eigenvalue weighted by atomic mass is 10.1. The first-order valence-corrected chi connectivity index (χ1v) is 14.1. The van der Waals surface area contributed by atoms with Crippen molar-refractivity contribution in [3.8, 4) is 17.3 Å². The van der Waals surface area contributed by atoms with Gasteiger partial charge in [-0.3, -0.25) is 9.59 Å². The van der Waals surface area contributed by atoms with E-state index >= 15 is 0 Å². The third-order valence-electron chi connectivity index (χ3n) is 7.85. The standard InChI is InChI=1S/C32H26N8O3/c41-29-20-43-27-11-9-23-18-26(27)38(29)14-5-1-2-6-15-39-31(42)24-19-34-32(36-30(24)40(23)39)35-22-8-10-25-21(17-22)12-16-37(25)28-7-3-4-13-33-28/h2-4,6-13,16-19H,1,5,14-15,20H2,(H,34,35,36). The molecule has 11 heteroatoms. The zero-order valence-corrected chi connectivity index (χ0v) is 23.1. The topological polar surface area (TPSA) is 112 Å². The molecule has 8 rings (SSSR count). The van der Waals surface area contributed by atoms with Crippen molar-refractivity contribution in [3.63, 3.8) is 0 Å². The predicted molar refractivity (Wildman–Crippen MR) is 164 cm³/mol. The largest absolute Gasteiger partial charge is 0.482 e. The van der Waals surface area contributed by atoms with Crippen molar-refractivity contribution in [1.29, 1.82) is 0 Å². The van der Waals surface area contributed by atoms with Gasteiger partial charge in [0.25, 0.3) is 11.5 Å². The van der Waals surface area contributed by atoms with Gasteiger partial charge >= 0.3 is 0 Å². The quantitative estimate of drug-likeness (QED) is 0.306. The van der Waals surface area contributed by atoms with Crippen LogP contribution in [0, 0.1) is 0 Å². The zero-order valence-electron chi connectivity index (χ0n) is 23.1. The molecule has 2 aliphatic rings. The molecule has 1 N–H and O–H groups in total. The third-order valence-corrected chi connectivity index (χ3v) is 7.85. The molecule has 2 aromatic carbocycles. The maximum atomic E-state index is 13.6. The van der Waals surface area contributed by atoms with Crippen molar-refractivity contribution >= 4 is 45.2 Å². The molecule has 0 saturated heterocycles. The summed E-state index contributed by atoms with van der Waals surface area (Å²) in [7, 11) is 0. The van der Waals surface area contributed by atoms with E-state index in [4.69, 9.17) is 9.72 Å². The summed E-state index contributed by atoms with van der Waals surface area (Å²) < 4.78 is 11.2. The predicted octanol–water partition coefficient (Wildman–Crippen LogP) is 4.74. The smallest absolute Gasteiger partial charge is 0.278 e. The van der Waals surface area contributed by atoms with Gasteiger partial charge < -0.3 is 19.5 Å². The fourth-order valence-electron chi connectivity index (χ4n) is 5.79. The Balaban J connectivity index is 1.22. The van der Waals surface area contributed by atoms with E-state index in [-0.39, 0.29) is 18.1 Å². The lowest BCUT2D eigenvalue weighted by Crippen LogP contribution is -2.39. The van der Waals surface area contributed by atoms with Gasteiger partial charge in [-0.1, -0.05) is 18.2 Å². The number of fused-ring (bicyclic) bond motifs is 6. The van der Waals surface area contributed by atoms with E-state index in [1.54, 1.807) is 26.7 Å². The number of carbonyl (C=O) groups is 1. The second kappa shape index (κ2) is 9.98. The molecule has 0 spiro atoms. The highest BCUT2D eigenvalue weighted by Gasteiger charge is 2.27. The lowest BCUT2D eigenvalue weighted by Gasteiger charge is -2.30. The number of rotatable bonds is 3. The minimum Gasteiger partial charge on any atom is -0.482 e. The average molecular weight is 571 g/mol. The van der Waals surface area contributed by atoms with Crippen molar-refractivity contribution < 1.29 is 9.53 Å². The normalized spacial score (nSPS) is 14.7. The summed E-state index contributed by atoms with van der Waals surface area (Å²) in [5, 5.41) is 4.74. The van der Waals surface area contributed by atoms with Gasteiger partial charge in [0.05, 0.1) is 23.4 Å². The number of ether oxygens (including phenoxy) is 1. The number of aromatic nitrogens is 6. The highest BCUT2D eigenvalue weighted by Crippen LogP contribution is 2.35. The number of nitrogens with one attached hydrogen (secondary N) is 1. The second-order valence-electron chi connectivity index (χ2n) is 10.5. The van der Waals surface area contributed by atoms with Crippen molar-refractivity contribution in [3.05, 3.63) is 102 Å². The van der Waals surface area contributed by atoms with Crippen LogP contribution in [0.3, 0.4) is 0 Å². The summed E-state index contributed by atoms with van der Waals surface area (Å²) in [5.74, 6) is 1.76. The molecule has 0 saturated carbocycles. The minimum absolute atomic E-state index is 0.0151. The van der Waals surface area contributed by atoms with Crippen LogP contribution in [0.15, 0.2) is 96.2 Å². The summed E-state index contributed by atoms with van der Waals surface area (Å²) in [6, 6.07) is 19.5. The molecule has 0 aliphatic carbocycles. The first kappa shape index (κ1) is 25.0. The SMILES string of the molecule is O=C1COc2ccc3cc2N1CCCC=CCn1c(=O)c2cnc(Nc4ccc5c(ccn5-c5ccccn5)c4)nc2n1-3. The molecule has 2 bridgehead atoms. The van der Waals surface area contributed by atoms with Crippen LogP contribution in [-0.2, 0) is 11.3 Å². The Hall–Kier alpha value is -5.71. The van der Waals surface area contributed by atoms with Crippen LogP contribution in [0.1, 0.15) is 12.8 Å². The van der Waals surface area contributed by atoms with Crippen LogP contribution in [0.4, 0.5) is 17.3 Å². The molecule has 0 fully saturated rings. The molecule has 0 radical (unpaired) electrons. The Morgan fingerprint density at radius 3 is 2.81 bits per heavy atom. The second-order valence-corrected chi connectivity index (χ2v) is 10.5. The molecule has 43 heavy (non-hydrogen) atoms. The van der Waals surface area contributed by atoms with Crippen LogP contribution >= 0.6 is 0 Å². The fourth-order valence-corrected chi connectivity index (χ4v) is 5.79. The van der Waals surface area contributed by atoms with Crippen molar-refractivity contribution in [2.24, 2.45) is 0 Å². The highest BCUT2D eigenvalue weighted by atomic mass is 16.5. The molecule has 1 amide bonds. The maximum absolute atomic E-state index is 13.6. The Kier molecular flexibility index (Phi) is 5.81. The Labute approximate surface area is 245 Å². The van der Waals surface area contributed by atoms with Crippen molar-refractivity contribution in [2.75, 3.05) is 23.4 Å². The number of benzene rings is 2. The lowest BCUT2D eigenvalue weighted by molar-refractivity contribution is -0.121. The van der Waals surface area contributed by atoms with Crippen LogP contribution in [-0.4, -0.2) is 47.9 Å². The van der Waals surface area contributed by atoms with Crippen LogP contribution in [0.2, 0.25) is 0 Å². The van der Waals surface area contributed by atoms with Gasteiger partial charge in [0.1, 0.15) is 17.0 Å². The summed E-state index contributed by atoms with van der Waals surface area (Å²) >= 11 is 0. The summed E-state index contributed by atoms with van der Waals surface area (Å²) in [4.78, 5) is 41.9.